The van der Waals surface area contributed by atoms with Crippen molar-refractivity contribution in [2.24, 2.45) is 0 Å². The van der Waals surface area contributed by atoms with Gasteiger partial charge in [-0.3, -0.25) is 9.59 Å². The van der Waals surface area contributed by atoms with Gasteiger partial charge in [-0.05, 0) is 48.9 Å². The van der Waals surface area contributed by atoms with Crippen molar-refractivity contribution in [3.63, 3.8) is 0 Å². The number of nitrogens with one attached hydrogen (secondary N) is 3. The van der Waals surface area contributed by atoms with Gasteiger partial charge < -0.3 is 16.0 Å². The number of aromatic nitrogens is 2. The molecule has 1 heterocycles. The summed E-state index contributed by atoms with van der Waals surface area (Å²) in [5.41, 5.74) is 3.30. The standard InChI is InChI=1S/C20H18ClN5O2/c1-12-3-4-17(9-18(12)21)26-20-22-10-14(11-23-20)19(28)25-16-7-5-15(6-8-16)24-13(2)27/h3-11H,1-2H3,(H,24,27)(H,25,28)(H,22,23,26). The molecule has 7 nitrogen and oxygen atoms in total. The third kappa shape index (κ3) is 5.05. The largest absolute Gasteiger partial charge is 0.326 e. The molecule has 0 aliphatic heterocycles. The highest BCUT2D eigenvalue weighted by atomic mass is 35.5. The Hall–Kier alpha value is -3.45. The fourth-order valence-electron chi connectivity index (χ4n) is 2.35. The number of anilines is 4. The maximum absolute atomic E-state index is 12.3. The van der Waals surface area contributed by atoms with Gasteiger partial charge in [0.2, 0.25) is 11.9 Å². The molecule has 2 amide bonds. The van der Waals surface area contributed by atoms with Gasteiger partial charge >= 0.3 is 0 Å². The molecule has 1 aromatic heterocycles. The molecule has 2 aromatic carbocycles. The van der Waals surface area contributed by atoms with Gasteiger partial charge in [0.15, 0.2) is 0 Å². The molecule has 3 N–H and O–H groups in total. The number of nitrogens with zero attached hydrogens (tertiary/aromatic N) is 2. The first-order valence-corrected chi connectivity index (χ1v) is 8.83. The van der Waals surface area contributed by atoms with Crippen LogP contribution in [0.25, 0.3) is 0 Å². The molecule has 0 radical (unpaired) electrons. The van der Waals surface area contributed by atoms with Crippen LogP contribution in [0.2, 0.25) is 5.02 Å². The number of carbonyl (C=O) groups is 2. The van der Waals surface area contributed by atoms with Crippen molar-refractivity contribution < 1.29 is 9.59 Å². The van der Waals surface area contributed by atoms with Crippen LogP contribution in [0.15, 0.2) is 54.9 Å². The molecule has 0 saturated heterocycles. The Morgan fingerprint density at radius 2 is 1.46 bits per heavy atom. The lowest BCUT2D eigenvalue weighted by Gasteiger charge is -2.08. The van der Waals surface area contributed by atoms with E-state index in [1.165, 1.54) is 19.3 Å². The molecule has 8 heteroatoms. The molecule has 142 valence electrons. The Balaban J connectivity index is 1.63. The lowest BCUT2D eigenvalue weighted by Crippen LogP contribution is -2.13. The second-order valence-electron chi connectivity index (χ2n) is 6.10. The lowest BCUT2D eigenvalue weighted by molar-refractivity contribution is -0.114. The maximum atomic E-state index is 12.3. The monoisotopic (exact) mass is 395 g/mol. The van der Waals surface area contributed by atoms with E-state index in [1.54, 1.807) is 30.3 Å². The predicted octanol–water partition coefficient (Wildman–Crippen LogP) is 4.39. The number of benzene rings is 2. The van der Waals surface area contributed by atoms with Crippen LogP contribution < -0.4 is 16.0 Å². The van der Waals surface area contributed by atoms with Gasteiger partial charge in [-0.15, -0.1) is 0 Å². The van der Waals surface area contributed by atoms with Gasteiger partial charge in [0, 0.05) is 41.4 Å². The highest BCUT2D eigenvalue weighted by Crippen LogP contribution is 2.22. The number of hydrogen-bond acceptors (Lipinski definition) is 5. The van der Waals surface area contributed by atoms with E-state index < -0.39 is 0 Å². The second kappa shape index (κ2) is 8.49. The topological polar surface area (TPSA) is 96.0 Å². The average molecular weight is 396 g/mol. The van der Waals surface area contributed by atoms with Crippen molar-refractivity contribution in [1.82, 2.24) is 9.97 Å². The number of halogens is 1. The van der Waals surface area contributed by atoms with E-state index in [1.807, 2.05) is 19.1 Å². The van der Waals surface area contributed by atoms with E-state index in [0.717, 1.165) is 11.3 Å². The van der Waals surface area contributed by atoms with Crippen molar-refractivity contribution in [2.75, 3.05) is 16.0 Å². The van der Waals surface area contributed by atoms with Crippen LogP contribution in [0, 0.1) is 6.92 Å². The van der Waals surface area contributed by atoms with Crippen molar-refractivity contribution in [3.8, 4) is 0 Å². The van der Waals surface area contributed by atoms with Crippen molar-refractivity contribution in [2.45, 2.75) is 13.8 Å². The van der Waals surface area contributed by atoms with Crippen LogP contribution in [-0.4, -0.2) is 21.8 Å². The summed E-state index contributed by atoms with van der Waals surface area (Å²) in [6.45, 7) is 3.35. The molecule has 0 saturated carbocycles. The molecule has 0 fully saturated rings. The molecule has 0 bridgehead atoms. The summed E-state index contributed by atoms with van der Waals surface area (Å²) in [5, 5.41) is 9.10. The number of hydrogen-bond donors (Lipinski definition) is 3. The molecule has 0 aliphatic rings. The van der Waals surface area contributed by atoms with Gasteiger partial charge in [0.1, 0.15) is 0 Å². The summed E-state index contributed by atoms with van der Waals surface area (Å²) in [5.74, 6) is -0.135. The third-order valence-electron chi connectivity index (χ3n) is 3.81. The Labute approximate surface area is 167 Å². The van der Waals surface area contributed by atoms with Gasteiger partial charge in [-0.1, -0.05) is 17.7 Å². The SMILES string of the molecule is CC(=O)Nc1ccc(NC(=O)c2cnc(Nc3ccc(C)c(Cl)c3)nc2)cc1. The Morgan fingerprint density at radius 3 is 2.04 bits per heavy atom. The van der Waals surface area contributed by atoms with E-state index >= 15 is 0 Å². The van der Waals surface area contributed by atoms with Gasteiger partial charge in [0.05, 0.1) is 5.56 Å². The first kappa shape index (κ1) is 19.3. The number of amides is 2. The summed E-state index contributed by atoms with van der Waals surface area (Å²) in [6, 6.07) is 12.3. The Morgan fingerprint density at radius 1 is 0.893 bits per heavy atom. The van der Waals surface area contributed by atoms with E-state index in [2.05, 4.69) is 25.9 Å². The van der Waals surface area contributed by atoms with E-state index in [-0.39, 0.29) is 11.8 Å². The minimum atomic E-state index is -0.336. The molecule has 0 spiro atoms. The van der Waals surface area contributed by atoms with Gasteiger partial charge in [-0.2, -0.15) is 0 Å². The summed E-state index contributed by atoms with van der Waals surface area (Å²) in [6.07, 6.45) is 2.87. The zero-order chi connectivity index (χ0) is 20.1. The first-order chi connectivity index (χ1) is 13.4. The molecule has 28 heavy (non-hydrogen) atoms. The average Bonchev–Trinajstić information content (AvgIpc) is 2.66. The van der Waals surface area contributed by atoms with Gasteiger partial charge in [0.25, 0.3) is 5.91 Å². The highest BCUT2D eigenvalue weighted by molar-refractivity contribution is 6.31. The molecule has 0 atom stereocenters. The molecular weight excluding hydrogens is 378 g/mol. The van der Waals surface area contributed by atoms with E-state index in [4.69, 9.17) is 11.6 Å². The fraction of sp³-hybridized carbons (Fsp3) is 0.100. The smallest absolute Gasteiger partial charge is 0.258 e. The zero-order valence-corrected chi connectivity index (χ0v) is 16.0. The van der Waals surface area contributed by atoms with Crippen LogP contribution >= 0.6 is 11.6 Å². The summed E-state index contributed by atoms with van der Waals surface area (Å²) in [7, 11) is 0. The predicted molar refractivity (Wildman–Crippen MR) is 110 cm³/mol. The minimum Gasteiger partial charge on any atom is -0.326 e. The summed E-state index contributed by atoms with van der Waals surface area (Å²) < 4.78 is 0. The van der Waals surface area contributed by atoms with Crippen LogP contribution in [0.3, 0.4) is 0 Å². The van der Waals surface area contributed by atoms with Crippen LogP contribution in [0.4, 0.5) is 23.0 Å². The molecule has 3 rings (SSSR count). The van der Waals surface area contributed by atoms with Crippen LogP contribution in [0.5, 0.6) is 0 Å². The Bertz CT molecular complexity index is 1000. The summed E-state index contributed by atoms with van der Waals surface area (Å²) >= 11 is 6.10. The number of aryl methyl sites for hydroxylation is 1. The Kier molecular flexibility index (Phi) is 5.86. The number of rotatable bonds is 5. The van der Waals surface area contributed by atoms with E-state index in [0.29, 0.717) is 27.9 Å². The number of carbonyl (C=O) groups excluding carboxylic acids is 2. The maximum Gasteiger partial charge on any atom is 0.258 e. The quantitative estimate of drug-likeness (QED) is 0.595. The lowest BCUT2D eigenvalue weighted by atomic mass is 10.2. The third-order valence-corrected chi connectivity index (χ3v) is 4.21. The normalized spacial score (nSPS) is 10.2. The molecule has 0 unspecified atom stereocenters. The molecule has 3 aromatic rings. The fourth-order valence-corrected chi connectivity index (χ4v) is 2.53. The van der Waals surface area contributed by atoms with Crippen LogP contribution in [0.1, 0.15) is 22.8 Å². The zero-order valence-electron chi connectivity index (χ0n) is 15.3. The van der Waals surface area contributed by atoms with Crippen molar-refractivity contribution in [1.29, 1.82) is 0 Å². The first-order valence-electron chi connectivity index (χ1n) is 8.45. The summed E-state index contributed by atoms with van der Waals surface area (Å²) in [4.78, 5) is 31.7. The van der Waals surface area contributed by atoms with Crippen LogP contribution in [-0.2, 0) is 4.79 Å². The van der Waals surface area contributed by atoms with E-state index in [9.17, 15) is 9.59 Å². The molecule has 0 aliphatic carbocycles. The van der Waals surface area contributed by atoms with Gasteiger partial charge in [-0.25, -0.2) is 9.97 Å². The second-order valence-corrected chi connectivity index (χ2v) is 6.50. The highest BCUT2D eigenvalue weighted by Gasteiger charge is 2.08. The van der Waals surface area contributed by atoms with Crippen molar-refractivity contribution in [3.05, 3.63) is 71.0 Å². The van der Waals surface area contributed by atoms with Crippen molar-refractivity contribution >= 4 is 46.4 Å². The minimum absolute atomic E-state index is 0.157. The molecular formula is C20H18ClN5O2.